The molecule has 1 aliphatic heterocycles. The summed E-state index contributed by atoms with van der Waals surface area (Å²) < 4.78 is 10.2. The van der Waals surface area contributed by atoms with Crippen LogP contribution in [0, 0.1) is 0 Å². The maximum Gasteiger partial charge on any atom is 0.238 e. The minimum Gasteiger partial charge on any atom is -0.447 e. The average molecular weight is 186 g/mol. The van der Waals surface area contributed by atoms with Gasteiger partial charge in [-0.25, -0.2) is 5.84 Å². The molecule has 1 unspecified atom stereocenters. The lowest BCUT2D eigenvalue weighted by Crippen LogP contribution is -2.42. The lowest BCUT2D eigenvalue weighted by atomic mass is 10.4. The molecule has 1 aliphatic rings. The van der Waals surface area contributed by atoms with E-state index >= 15 is 0 Å². The van der Waals surface area contributed by atoms with Crippen LogP contribution < -0.4 is 11.3 Å². The van der Waals surface area contributed by atoms with Gasteiger partial charge in [0.25, 0.3) is 0 Å². The van der Waals surface area contributed by atoms with Crippen LogP contribution in [0.3, 0.4) is 0 Å². The zero-order valence-corrected chi connectivity index (χ0v) is 7.94. The number of rotatable bonds is 2. The van der Waals surface area contributed by atoms with Crippen molar-refractivity contribution in [3.05, 3.63) is 11.8 Å². The first-order valence-corrected chi connectivity index (χ1v) is 3.89. The Balaban J connectivity index is 2.58. The van der Waals surface area contributed by atoms with Gasteiger partial charge < -0.3 is 9.47 Å². The van der Waals surface area contributed by atoms with E-state index in [4.69, 9.17) is 15.3 Å². The zero-order valence-electron chi connectivity index (χ0n) is 7.94. The first-order valence-electron chi connectivity index (χ1n) is 3.89. The van der Waals surface area contributed by atoms with Crippen molar-refractivity contribution in [2.24, 2.45) is 10.9 Å². The number of hydrazone groups is 1. The maximum atomic E-state index is 5.41. The first-order chi connectivity index (χ1) is 6.11. The highest BCUT2D eigenvalue weighted by molar-refractivity contribution is 5.88. The predicted molar refractivity (Wildman–Crippen MR) is 47.9 cm³/mol. The van der Waals surface area contributed by atoms with Crippen molar-refractivity contribution in [1.29, 1.82) is 0 Å². The van der Waals surface area contributed by atoms with Crippen LogP contribution in [0.5, 0.6) is 0 Å². The molecular formula is C7H14N4O2. The topological polar surface area (TPSA) is 72.1 Å². The fourth-order valence-corrected chi connectivity index (χ4v) is 0.834. The molecule has 3 N–H and O–H groups in total. The third kappa shape index (κ3) is 2.92. The van der Waals surface area contributed by atoms with E-state index in [1.54, 1.807) is 20.1 Å². The molecule has 13 heavy (non-hydrogen) atoms. The zero-order chi connectivity index (χ0) is 9.84. The molecule has 6 heteroatoms. The van der Waals surface area contributed by atoms with Gasteiger partial charge in [-0.05, 0) is 13.8 Å². The highest BCUT2D eigenvalue weighted by Gasteiger charge is 2.10. The molecule has 0 bridgehead atoms. The molecule has 74 valence electrons. The molecule has 0 fully saturated rings. The Hall–Kier alpha value is -1.27. The number of allylic oxidation sites excluding steroid dienone is 1. The van der Waals surface area contributed by atoms with Gasteiger partial charge in [-0.15, -0.1) is 10.3 Å². The van der Waals surface area contributed by atoms with Gasteiger partial charge in [0.15, 0.2) is 6.29 Å². The van der Waals surface area contributed by atoms with Crippen LogP contribution in [0.1, 0.15) is 13.8 Å². The molecule has 0 aromatic carbocycles. The number of methoxy groups -OCH3 is 1. The smallest absolute Gasteiger partial charge is 0.238 e. The molecule has 0 amide bonds. The number of nitrogens with two attached hydrogens (primary N) is 1. The molecule has 0 aliphatic carbocycles. The molecule has 1 heterocycles. The van der Waals surface area contributed by atoms with Crippen molar-refractivity contribution in [2.45, 2.75) is 20.1 Å². The number of nitrogens with zero attached hydrogens (tertiary/aromatic N) is 2. The number of nitrogens with one attached hydrogen (secondary N) is 1. The Morgan fingerprint density at radius 3 is 2.92 bits per heavy atom. The van der Waals surface area contributed by atoms with Crippen molar-refractivity contribution in [1.82, 2.24) is 10.7 Å². The minimum absolute atomic E-state index is 0.339. The Labute approximate surface area is 76.9 Å². The second kappa shape index (κ2) is 4.11. The number of hydrazine groups is 2. The van der Waals surface area contributed by atoms with Gasteiger partial charge in [-0.2, -0.15) is 0 Å². The van der Waals surface area contributed by atoms with E-state index in [0.29, 0.717) is 5.90 Å². The van der Waals surface area contributed by atoms with E-state index < -0.39 is 0 Å². The van der Waals surface area contributed by atoms with Crippen LogP contribution >= 0.6 is 0 Å². The van der Waals surface area contributed by atoms with E-state index in [9.17, 15) is 0 Å². The number of hydrogen-bond acceptors (Lipinski definition) is 6. The van der Waals surface area contributed by atoms with Crippen LogP contribution in [0.15, 0.2) is 16.9 Å². The van der Waals surface area contributed by atoms with Gasteiger partial charge in [0, 0.05) is 18.9 Å². The number of hydrogen-bond donors (Lipinski definition) is 2. The third-order valence-electron chi connectivity index (χ3n) is 1.46. The first kappa shape index (κ1) is 9.82. The summed E-state index contributed by atoms with van der Waals surface area (Å²) >= 11 is 0. The molecule has 0 saturated carbocycles. The van der Waals surface area contributed by atoms with Gasteiger partial charge in [0.2, 0.25) is 5.90 Å². The van der Waals surface area contributed by atoms with E-state index in [2.05, 4.69) is 10.5 Å². The van der Waals surface area contributed by atoms with Crippen molar-refractivity contribution < 1.29 is 9.47 Å². The van der Waals surface area contributed by atoms with E-state index in [1.165, 1.54) is 0 Å². The highest BCUT2D eigenvalue weighted by atomic mass is 16.7. The summed E-state index contributed by atoms with van der Waals surface area (Å²) in [5.41, 5.74) is 3.62. The van der Waals surface area contributed by atoms with E-state index in [-0.39, 0.29) is 6.29 Å². The summed E-state index contributed by atoms with van der Waals surface area (Å²) in [5, 5.41) is 4.95. The van der Waals surface area contributed by atoms with Crippen molar-refractivity contribution >= 4 is 5.90 Å². The highest BCUT2D eigenvalue weighted by Crippen LogP contribution is 2.02. The summed E-state index contributed by atoms with van der Waals surface area (Å²) in [5.74, 6) is 5.83. The van der Waals surface area contributed by atoms with E-state index in [0.717, 1.165) is 10.9 Å². The summed E-state index contributed by atoms with van der Waals surface area (Å²) in [6.07, 6.45) is 1.40. The average Bonchev–Trinajstić information content (AvgIpc) is 2.02. The Morgan fingerprint density at radius 1 is 1.69 bits per heavy atom. The monoisotopic (exact) mass is 186 g/mol. The standard InChI is InChI=1S/C7H14N4O2/c1-5-4-7(10-11(8)9-5)13-6(2)12-3/h4,6,9H,8H2,1-3H3. The summed E-state index contributed by atoms with van der Waals surface area (Å²) in [7, 11) is 1.56. The molecule has 0 aromatic rings. The summed E-state index contributed by atoms with van der Waals surface area (Å²) in [4.78, 5) is 0. The molecule has 0 aromatic heterocycles. The van der Waals surface area contributed by atoms with Crippen LogP contribution in [0.2, 0.25) is 0 Å². The molecule has 1 atom stereocenters. The van der Waals surface area contributed by atoms with E-state index in [1.807, 2.05) is 6.92 Å². The summed E-state index contributed by atoms with van der Waals surface area (Å²) in [6, 6.07) is 0. The SMILES string of the molecule is COC(C)OC1=NN(N)NC(C)=C1. The van der Waals surface area contributed by atoms with Gasteiger partial charge in [-0.3, -0.25) is 5.43 Å². The fraction of sp³-hybridized carbons (Fsp3) is 0.571. The lowest BCUT2D eigenvalue weighted by Gasteiger charge is -2.22. The van der Waals surface area contributed by atoms with Crippen LogP contribution in [-0.2, 0) is 9.47 Å². The molecule has 6 nitrogen and oxygen atoms in total. The minimum atomic E-state index is -0.339. The molecular weight excluding hydrogens is 172 g/mol. The van der Waals surface area contributed by atoms with Crippen LogP contribution in [-0.4, -0.2) is 24.5 Å². The van der Waals surface area contributed by atoms with Crippen LogP contribution in [0.25, 0.3) is 0 Å². The molecule has 1 rings (SSSR count). The van der Waals surface area contributed by atoms with Gasteiger partial charge in [0.05, 0.1) is 0 Å². The van der Waals surface area contributed by atoms with Gasteiger partial charge in [0.1, 0.15) is 0 Å². The molecule has 0 saturated heterocycles. The van der Waals surface area contributed by atoms with Gasteiger partial charge >= 0.3 is 0 Å². The van der Waals surface area contributed by atoms with Crippen LogP contribution in [0.4, 0.5) is 0 Å². The second-order valence-corrected chi connectivity index (χ2v) is 2.64. The lowest BCUT2D eigenvalue weighted by molar-refractivity contribution is -0.0488. The quantitative estimate of drug-likeness (QED) is 0.465. The maximum absolute atomic E-state index is 5.41. The largest absolute Gasteiger partial charge is 0.447 e. The normalized spacial score (nSPS) is 18.6. The Kier molecular flexibility index (Phi) is 3.10. The van der Waals surface area contributed by atoms with Crippen molar-refractivity contribution in [3.63, 3.8) is 0 Å². The van der Waals surface area contributed by atoms with Crippen molar-refractivity contribution in [2.75, 3.05) is 7.11 Å². The third-order valence-corrected chi connectivity index (χ3v) is 1.46. The Morgan fingerprint density at radius 2 is 2.38 bits per heavy atom. The van der Waals surface area contributed by atoms with Gasteiger partial charge in [-0.1, -0.05) is 0 Å². The molecule has 0 radical (unpaired) electrons. The predicted octanol–water partition coefficient (Wildman–Crippen LogP) is -0.0934. The Bertz CT molecular complexity index is 239. The molecule has 0 spiro atoms. The summed E-state index contributed by atoms with van der Waals surface area (Å²) in [6.45, 7) is 3.63. The number of ether oxygens (including phenoxy) is 2. The fourth-order valence-electron chi connectivity index (χ4n) is 0.834. The van der Waals surface area contributed by atoms with Crippen molar-refractivity contribution in [3.8, 4) is 0 Å². The second-order valence-electron chi connectivity index (χ2n) is 2.64.